The maximum atomic E-state index is 13.7. The van der Waals surface area contributed by atoms with Crippen molar-refractivity contribution in [3.8, 4) is 11.5 Å². The van der Waals surface area contributed by atoms with Crippen LogP contribution >= 0.6 is 0 Å². The van der Waals surface area contributed by atoms with Crippen molar-refractivity contribution in [1.82, 2.24) is 9.21 Å². The van der Waals surface area contributed by atoms with E-state index in [4.69, 9.17) is 9.47 Å². The number of urea groups is 1. The third-order valence-corrected chi connectivity index (χ3v) is 9.01. The van der Waals surface area contributed by atoms with Crippen molar-refractivity contribution >= 4 is 33.3 Å². The molecule has 3 aromatic carbocycles. The van der Waals surface area contributed by atoms with Crippen LogP contribution in [0.3, 0.4) is 0 Å². The van der Waals surface area contributed by atoms with Crippen molar-refractivity contribution in [2.24, 2.45) is 5.92 Å². The predicted molar refractivity (Wildman–Crippen MR) is 159 cm³/mol. The smallest absolute Gasteiger partial charge is 0.323 e. The molecular weight excluding hydrogens is 560 g/mol. The van der Waals surface area contributed by atoms with Gasteiger partial charge in [-0.05, 0) is 55.5 Å². The Hall–Kier alpha value is -4.13. The molecule has 0 saturated heterocycles. The molecule has 0 aliphatic carbocycles. The molecule has 3 N–H and O–H groups in total. The standard InChI is InChI=1S/C30H36N4O7S/c1-20-17-34(21(2)19-35)29(36)25-11-8-12-26(32-30(37)31-22-13-15-23(40-4)16-14-22)28(25)41-27(20)18-33(3)42(38,39)24-9-6-5-7-10-24/h5-16,20-21,27,35H,17-19H2,1-4H3,(H2,31,32,37)/t20-,21-,27+/m1/s1. The van der Waals surface area contributed by atoms with Crippen LogP contribution in [0.1, 0.15) is 24.2 Å². The van der Waals surface area contributed by atoms with Gasteiger partial charge in [0.2, 0.25) is 10.0 Å². The molecule has 1 aliphatic heterocycles. The summed E-state index contributed by atoms with van der Waals surface area (Å²) in [6.45, 7) is 3.52. The van der Waals surface area contributed by atoms with Crippen LogP contribution in [0.15, 0.2) is 77.7 Å². The van der Waals surface area contributed by atoms with Crippen LogP contribution in [-0.2, 0) is 10.0 Å². The Morgan fingerprint density at radius 2 is 1.79 bits per heavy atom. The number of carbonyl (C=O) groups excluding carboxylic acids is 2. The quantitative estimate of drug-likeness (QED) is 0.341. The second-order valence-electron chi connectivity index (χ2n) is 10.2. The van der Waals surface area contributed by atoms with Gasteiger partial charge in [0.05, 0.1) is 42.4 Å². The molecule has 224 valence electrons. The van der Waals surface area contributed by atoms with Crippen molar-refractivity contribution in [2.75, 3.05) is 44.5 Å². The number of benzene rings is 3. The first-order valence-electron chi connectivity index (χ1n) is 13.5. The summed E-state index contributed by atoms with van der Waals surface area (Å²) in [5, 5.41) is 15.4. The number of likely N-dealkylation sites (N-methyl/N-ethyl adjacent to an activating group) is 1. The van der Waals surface area contributed by atoms with E-state index in [0.29, 0.717) is 11.4 Å². The third-order valence-electron chi connectivity index (χ3n) is 7.18. The Labute approximate surface area is 246 Å². The Balaban J connectivity index is 1.67. The van der Waals surface area contributed by atoms with Crippen molar-refractivity contribution in [3.63, 3.8) is 0 Å². The van der Waals surface area contributed by atoms with E-state index < -0.39 is 28.2 Å². The lowest BCUT2D eigenvalue weighted by atomic mass is 9.99. The molecule has 3 aromatic rings. The largest absolute Gasteiger partial charge is 0.497 e. The van der Waals surface area contributed by atoms with E-state index in [9.17, 15) is 23.1 Å². The predicted octanol–water partition coefficient (Wildman–Crippen LogP) is 3.88. The molecule has 3 atom stereocenters. The van der Waals surface area contributed by atoms with Gasteiger partial charge in [-0.25, -0.2) is 13.2 Å². The minimum atomic E-state index is -3.83. The topological polar surface area (TPSA) is 138 Å². The van der Waals surface area contributed by atoms with Crippen molar-refractivity contribution in [3.05, 3.63) is 78.4 Å². The number of aliphatic hydroxyl groups is 1. The Morgan fingerprint density at radius 1 is 1.10 bits per heavy atom. The van der Waals surface area contributed by atoms with Gasteiger partial charge in [-0.15, -0.1) is 0 Å². The molecule has 0 radical (unpaired) electrons. The molecule has 0 fully saturated rings. The summed E-state index contributed by atoms with van der Waals surface area (Å²) in [6.07, 6.45) is -0.707. The number of fused-ring (bicyclic) bond motifs is 1. The maximum absolute atomic E-state index is 13.7. The van der Waals surface area contributed by atoms with Crippen LogP contribution in [0.25, 0.3) is 0 Å². The lowest BCUT2D eigenvalue weighted by molar-refractivity contribution is 0.0389. The van der Waals surface area contributed by atoms with Gasteiger partial charge in [-0.1, -0.05) is 31.2 Å². The summed E-state index contributed by atoms with van der Waals surface area (Å²) >= 11 is 0. The van der Waals surface area contributed by atoms with Gasteiger partial charge in [0.25, 0.3) is 5.91 Å². The number of ether oxygens (including phenoxy) is 2. The molecule has 0 spiro atoms. The second kappa shape index (κ2) is 13.2. The summed E-state index contributed by atoms with van der Waals surface area (Å²) in [7, 11) is -0.807. The maximum Gasteiger partial charge on any atom is 0.323 e. The molecule has 42 heavy (non-hydrogen) atoms. The van der Waals surface area contributed by atoms with E-state index in [0.717, 1.165) is 0 Å². The molecule has 0 unspecified atom stereocenters. The highest BCUT2D eigenvalue weighted by Crippen LogP contribution is 2.35. The molecule has 4 rings (SSSR count). The number of anilines is 2. The zero-order valence-electron chi connectivity index (χ0n) is 24.0. The van der Waals surface area contributed by atoms with Crippen molar-refractivity contribution < 1.29 is 32.6 Å². The Morgan fingerprint density at radius 3 is 2.43 bits per heavy atom. The number of hydrogen-bond donors (Lipinski definition) is 3. The summed E-state index contributed by atoms with van der Waals surface area (Å²) in [6, 6.07) is 18.6. The third kappa shape index (κ3) is 6.84. The molecule has 11 nitrogen and oxygen atoms in total. The lowest BCUT2D eigenvalue weighted by Gasteiger charge is -2.38. The van der Waals surface area contributed by atoms with Crippen molar-refractivity contribution in [2.45, 2.75) is 30.9 Å². The minimum Gasteiger partial charge on any atom is -0.497 e. The van der Waals surface area contributed by atoms with E-state index in [1.165, 1.54) is 23.5 Å². The van der Waals surface area contributed by atoms with Crippen LogP contribution in [0.4, 0.5) is 16.2 Å². The van der Waals surface area contributed by atoms with Crippen LogP contribution in [-0.4, -0.2) is 80.7 Å². The van der Waals surface area contributed by atoms with Gasteiger partial charge < -0.3 is 30.1 Å². The fraction of sp³-hybridized carbons (Fsp3) is 0.333. The van der Waals surface area contributed by atoms with E-state index in [-0.39, 0.29) is 53.4 Å². The van der Waals surface area contributed by atoms with Gasteiger partial charge in [0, 0.05) is 25.2 Å². The van der Waals surface area contributed by atoms with Crippen molar-refractivity contribution in [1.29, 1.82) is 0 Å². The number of sulfonamides is 1. The number of nitrogens with one attached hydrogen (secondary N) is 2. The van der Waals surface area contributed by atoms with E-state index >= 15 is 0 Å². The normalized spacial score (nSPS) is 17.9. The van der Waals surface area contributed by atoms with Crippen LogP contribution < -0.4 is 20.1 Å². The summed E-state index contributed by atoms with van der Waals surface area (Å²) in [4.78, 5) is 28.3. The van der Waals surface area contributed by atoms with E-state index in [1.54, 1.807) is 79.6 Å². The van der Waals surface area contributed by atoms with Crippen LogP contribution in [0.2, 0.25) is 0 Å². The highest BCUT2D eigenvalue weighted by molar-refractivity contribution is 7.89. The minimum absolute atomic E-state index is 0.0280. The number of methoxy groups -OCH3 is 1. The molecular formula is C30H36N4O7S. The summed E-state index contributed by atoms with van der Waals surface area (Å²) < 4.78 is 39.4. The average Bonchev–Trinajstić information content (AvgIpc) is 2.99. The fourth-order valence-corrected chi connectivity index (χ4v) is 5.85. The molecule has 1 heterocycles. The Bertz CT molecular complexity index is 1500. The molecule has 3 amide bonds. The first kappa shape index (κ1) is 30.8. The zero-order chi connectivity index (χ0) is 30.4. The molecule has 12 heteroatoms. The van der Waals surface area contributed by atoms with Crippen LogP contribution in [0.5, 0.6) is 11.5 Å². The van der Waals surface area contributed by atoms with Gasteiger partial charge in [0.1, 0.15) is 11.9 Å². The summed E-state index contributed by atoms with van der Waals surface area (Å²) in [5.74, 6) is 0.0370. The fourth-order valence-electron chi connectivity index (χ4n) is 4.64. The molecule has 0 bridgehead atoms. The molecule has 0 aromatic heterocycles. The Kier molecular flexibility index (Phi) is 9.71. The number of amides is 3. The van der Waals surface area contributed by atoms with E-state index in [2.05, 4.69) is 10.6 Å². The lowest BCUT2D eigenvalue weighted by Crippen LogP contribution is -2.50. The monoisotopic (exact) mass is 596 g/mol. The average molecular weight is 597 g/mol. The first-order chi connectivity index (χ1) is 20.0. The van der Waals surface area contributed by atoms with Gasteiger partial charge in [-0.2, -0.15) is 4.31 Å². The van der Waals surface area contributed by atoms with Gasteiger partial charge >= 0.3 is 6.03 Å². The molecule has 0 saturated carbocycles. The molecule has 1 aliphatic rings. The van der Waals surface area contributed by atoms with Gasteiger partial charge in [-0.3, -0.25) is 4.79 Å². The van der Waals surface area contributed by atoms with Crippen LogP contribution in [0, 0.1) is 5.92 Å². The van der Waals surface area contributed by atoms with E-state index in [1.807, 2.05) is 6.92 Å². The number of para-hydroxylation sites is 1. The zero-order valence-corrected chi connectivity index (χ0v) is 24.8. The number of rotatable bonds is 9. The second-order valence-corrected chi connectivity index (χ2v) is 12.3. The highest BCUT2D eigenvalue weighted by atomic mass is 32.2. The summed E-state index contributed by atoms with van der Waals surface area (Å²) in [5.41, 5.74) is 0.936. The number of hydrogen-bond acceptors (Lipinski definition) is 7. The highest BCUT2D eigenvalue weighted by Gasteiger charge is 2.36. The number of carbonyl (C=O) groups is 2. The number of aliphatic hydroxyl groups excluding tert-OH is 1. The number of nitrogens with zero attached hydrogens (tertiary/aromatic N) is 2. The SMILES string of the molecule is COc1ccc(NC(=O)Nc2cccc3c2O[C@@H](CN(C)S(=O)(=O)c2ccccc2)[C@H](C)CN([C@H](C)CO)C3=O)cc1. The van der Waals surface area contributed by atoms with Gasteiger partial charge in [0.15, 0.2) is 5.75 Å². The first-order valence-corrected chi connectivity index (χ1v) is 14.9.